The highest BCUT2D eigenvalue weighted by Crippen LogP contribution is 2.18. The molecule has 0 aromatic carbocycles. The fraction of sp³-hybridized carbons (Fsp3) is 0.412. The molecule has 0 unspecified atom stereocenters. The maximum absolute atomic E-state index is 12.6. The van der Waals surface area contributed by atoms with Crippen molar-refractivity contribution in [2.75, 3.05) is 31.2 Å². The second-order valence-electron chi connectivity index (χ2n) is 5.63. The predicted molar refractivity (Wildman–Crippen MR) is 86.6 cm³/mol. The average molecular weight is 315 g/mol. The Morgan fingerprint density at radius 2 is 2.17 bits per heavy atom. The van der Waals surface area contributed by atoms with Gasteiger partial charge in [-0.1, -0.05) is 0 Å². The van der Waals surface area contributed by atoms with Crippen LogP contribution in [0.15, 0.2) is 41.1 Å². The highest BCUT2D eigenvalue weighted by Gasteiger charge is 2.21. The number of carbonyl (C=O) groups excluding carboxylic acids is 1. The standard InChI is InChI=1S/C17H21N3O3/c1-13(12-14-4-3-9-23-14)19-17(21)15-5-2-6-18-16(15)20-7-10-22-11-8-20/h2-6,9,13H,7-8,10-12H2,1H3,(H,19,21)/t13-/m1/s1. The summed E-state index contributed by atoms with van der Waals surface area (Å²) < 4.78 is 10.7. The molecule has 0 spiro atoms. The van der Waals surface area contributed by atoms with Crippen LogP contribution in [0.3, 0.4) is 0 Å². The van der Waals surface area contributed by atoms with Gasteiger partial charge in [0.2, 0.25) is 0 Å². The number of aromatic nitrogens is 1. The van der Waals surface area contributed by atoms with Gasteiger partial charge in [-0.05, 0) is 31.2 Å². The molecule has 0 radical (unpaired) electrons. The molecule has 0 saturated carbocycles. The minimum absolute atomic E-state index is 0.0219. The van der Waals surface area contributed by atoms with E-state index in [9.17, 15) is 4.79 Å². The Bertz CT molecular complexity index is 636. The van der Waals surface area contributed by atoms with Crippen LogP contribution in [0.2, 0.25) is 0 Å². The van der Waals surface area contributed by atoms with Gasteiger partial charge in [0.05, 0.1) is 25.0 Å². The average Bonchev–Trinajstić information content (AvgIpc) is 3.08. The van der Waals surface area contributed by atoms with Crippen molar-refractivity contribution in [3.05, 3.63) is 48.0 Å². The van der Waals surface area contributed by atoms with Gasteiger partial charge in [0.25, 0.3) is 5.91 Å². The fourth-order valence-corrected chi connectivity index (χ4v) is 2.68. The molecule has 122 valence electrons. The molecular formula is C17H21N3O3. The number of anilines is 1. The third kappa shape index (κ3) is 3.90. The summed E-state index contributed by atoms with van der Waals surface area (Å²) in [6, 6.07) is 7.34. The summed E-state index contributed by atoms with van der Waals surface area (Å²) >= 11 is 0. The van der Waals surface area contributed by atoms with Crippen molar-refractivity contribution >= 4 is 11.7 Å². The van der Waals surface area contributed by atoms with Crippen LogP contribution in [0.5, 0.6) is 0 Å². The minimum Gasteiger partial charge on any atom is -0.469 e. The normalized spacial score (nSPS) is 16.1. The van der Waals surface area contributed by atoms with Gasteiger partial charge < -0.3 is 19.4 Å². The number of amides is 1. The summed E-state index contributed by atoms with van der Waals surface area (Å²) in [5.74, 6) is 1.47. The molecule has 1 aliphatic rings. The highest BCUT2D eigenvalue weighted by molar-refractivity contribution is 5.99. The van der Waals surface area contributed by atoms with Crippen molar-refractivity contribution in [3.63, 3.8) is 0 Å². The number of carbonyl (C=O) groups is 1. The fourth-order valence-electron chi connectivity index (χ4n) is 2.68. The molecule has 1 amide bonds. The van der Waals surface area contributed by atoms with Crippen LogP contribution < -0.4 is 10.2 Å². The van der Waals surface area contributed by atoms with Crippen LogP contribution in [0, 0.1) is 0 Å². The zero-order valence-corrected chi connectivity index (χ0v) is 13.2. The molecule has 6 heteroatoms. The molecule has 2 aromatic rings. The van der Waals surface area contributed by atoms with Crippen LogP contribution >= 0.6 is 0 Å². The molecule has 2 aromatic heterocycles. The monoisotopic (exact) mass is 315 g/mol. The third-order valence-electron chi connectivity index (χ3n) is 3.81. The zero-order chi connectivity index (χ0) is 16.1. The van der Waals surface area contributed by atoms with E-state index in [1.54, 1.807) is 18.5 Å². The minimum atomic E-state index is -0.112. The molecule has 1 N–H and O–H groups in total. The maximum Gasteiger partial charge on any atom is 0.255 e. The van der Waals surface area contributed by atoms with Crippen molar-refractivity contribution < 1.29 is 13.9 Å². The molecule has 3 rings (SSSR count). The first kappa shape index (κ1) is 15.6. The lowest BCUT2D eigenvalue weighted by molar-refractivity contribution is 0.0937. The van der Waals surface area contributed by atoms with Gasteiger partial charge in [-0.2, -0.15) is 0 Å². The molecule has 3 heterocycles. The van der Waals surface area contributed by atoms with Crippen molar-refractivity contribution in [3.8, 4) is 0 Å². The van der Waals surface area contributed by atoms with E-state index in [1.165, 1.54) is 0 Å². The molecule has 1 saturated heterocycles. The topological polar surface area (TPSA) is 67.6 Å². The van der Waals surface area contributed by atoms with Crippen LogP contribution in [0.25, 0.3) is 0 Å². The number of morpholine rings is 1. The summed E-state index contributed by atoms with van der Waals surface area (Å²) in [7, 11) is 0. The SMILES string of the molecule is C[C@H](Cc1ccco1)NC(=O)c1cccnc1N1CCOCC1. The van der Waals surface area contributed by atoms with E-state index in [-0.39, 0.29) is 11.9 Å². The second kappa shape index (κ2) is 7.28. The molecule has 23 heavy (non-hydrogen) atoms. The van der Waals surface area contributed by atoms with Crippen LogP contribution in [-0.4, -0.2) is 43.2 Å². The Morgan fingerprint density at radius 3 is 2.91 bits per heavy atom. The summed E-state index contributed by atoms with van der Waals surface area (Å²) in [5.41, 5.74) is 0.598. The smallest absolute Gasteiger partial charge is 0.255 e. The first-order chi connectivity index (χ1) is 11.2. The number of furan rings is 1. The number of nitrogens with zero attached hydrogens (tertiary/aromatic N) is 2. The Hall–Kier alpha value is -2.34. The molecule has 1 aliphatic heterocycles. The maximum atomic E-state index is 12.6. The van der Waals surface area contributed by atoms with Crippen molar-refractivity contribution in [2.45, 2.75) is 19.4 Å². The van der Waals surface area contributed by atoms with E-state index in [0.717, 1.165) is 24.7 Å². The van der Waals surface area contributed by atoms with Gasteiger partial charge in [0.15, 0.2) is 0 Å². The van der Waals surface area contributed by atoms with Crippen LogP contribution in [0.1, 0.15) is 23.0 Å². The molecular weight excluding hydrogens is 294 g/mol. The van der Waals surface area contributed by atoms with E-state index in [0.29, 0.717) is 25.2 Å². The number of rotatable bonds is 5. The third-order valence-corrected chi connectivity index (χ3v) is 3.81. The summed E-state index contributed by atoms with van der Waals surface area (Å²) in [6.45, 7) is 4.78. The number of pyridine rings is 1. The Balaban J connectivity index is 1.69. The van der Waals surface area contributed by atoms with E-state index < -0.39 is 0 Å². The second-order valence-corrected chi connectivity index (χ2v) is 5.63. The lowest BCUT2D eigenvalue weighted by Gasteiger charge is -2.29. The van der Waals surface area contributed by atoms with E-state index >= 15 is 0 Å². The number of nitrogens with one attached hydrogen (secondary N) is 1. The van der Waals surface area contributed by atoms with E-state index in [2.05, 4.69) is 15.2 Å². The van der Waals surface area contributed by atoms with Gasteiger partial charge in [0.1, 0.15) is 11.6 Å². The molecule has 0 aliphatic carbocycles. The van der Waals surface area contributed by atoms with E-state index in [1.807, 2.05) is 25.1 Å². The zero-order valence-electron chi connectivity index (χ0n) is 13.2. The molecule has 1 atom stereocenters. The van der Waals surface area contributed by atoms with Gasteiger partial charge in [-0.25, -0.2) is 4.98 Å². The van der Waals surface area contributed by atoms with Crippen molar-refractivity contribution in [1.29, 1.82) is 0 Å². The van der Waals surface area contributed by atoms with Crippen molar-refractivity contribution in [2.24, 2.45) is 0 Å². The summed E-state index contributed by atoms with van der Waals surface area (Å²) in [6.07, 6.45) is 4.02. The van der Waals surface area contributed by atoms with Gasteiger partial charge in [-0.3, -0.25) is 4.79 Å². The summed E-state index contributed by atoms with van der Waals surface area (Å²) in [4.78, 5) is 19.1. The quantitative estimate of drug-likeness (QED) is 0.912. The lowest BCUT2D eigenvalue weighted by atomic mass is 10.1. The van der Waals surface area contributed by atoms with Gasteiger partial charge in [-0.15, -0.1) is 0 Å². The highest BCUT2D eigenvalue weighted by atomic mass is 16.5. The largest absolute Gasteiger partial charge is 0.469 e. The van der Waals surface area contributed by atoms with Gasteiger partial charge in [0, 0.05) is 31.7 Å². The number of hydrogen-bond acceptors (Lipinski definition) is 5. The first-order valence-electron chi connectivity index (χ1n) is 7.85. The lowest BCUT2D eigenvalue weighted by Crippen LogP contribution is -2.39. The Labute approximate surface area is 135 Å². The molecule has 1 fully saturated rings. The number of ether oxygens (including phenoxy) is 1. The van der Waals surface area contributed by atoms with Crippen LogP contribution in [-0.2, 0) is 11.2 Å². The summed E-state index contributed by atoms with van der Waals surface area (Å²) in [5, 5.41) is 3.02. The van der Waals surface area contributed by atoms with Gasteiger partial charge >= 0.3 is 0 Å². The van der Waals surface area contributed by atoms with Crippen molar-refractivity contribution in [1.82, 2.24) is 10.3 Å². The number of hydrogen-bond donors (Lipinski definition) is 1. The predicted octanol–water partition coefficient (Wildman–Crippen LogP) is 1.87. The molecule has 0 bridgehead atoms. The Morgan fingerprint density at radius 1 is 1.35 bits per heavy atom. The van der Waals surface area contributed by atoms with Crippen LogP contribution in [0.4, 0.5) is 5.82 Å². The van der Waals surface area contributed by atoms with E-state index in [4.69, 9.17) is 9.15 Å². The first-order valence-corrected chi connectivity index (χ1v) is 7.85. The Kier molecular flexibility index (Phi) is 4.92. The molecule has 6 nitrogen and oxygen atoms in total.